The van der Waals surface area contributed by atoms with Gasteiger partial charge in [0.1, 0.15) is 0 Å². The summed E-state index contributed by atoms with van der Waals surface area (Å²) >= 11 is 1.46. The second-order valence-corrected chi connectivity index (χ2v) is 6.53. The Labute approximate surface area is 138 Å². The van der Waals surface area contributed by atoms with Crippen LogP contribution in [0.15, 0.2) is 40.7 Å². The topological polar surface area (TPSA) is 76.9 Å². The van der Waals surface area contributed by atoms with Crippen LogP contribution in [0.3, 0.4) is 0 Å². The molecule has 1 N–H and O–H groups in total. The fourth-order valence-electron chi connectivity index (χ4n) is 2.48. The number of nitrogens with one attached hydrogen (secondary N) is 1. The summed E-state index contributed by atoms with van der Waals surface area (Å²) in [6.07, 6.45) is 5.85. The third kappa shape index (κ3) is 3.61. The molecule has 2 aromatic rings. The number of nitrogens with zero attached hydrogens (tertiary/aromatic N) is 3. The summed E-state index contributed by atoms with van der Waals surface area (Å²) < 4.78 is 1.61. The zero-order valence-electron chi connectivity index (χ0n) is 12.9. The van der Waals surface area contributed by atoms with Gasteiger partial charge in [-0.1, -0.05) is 11.8 Å². The number of carbonyl (C=O) groups is 1. The van der Waals surface area contributed by atoms with Gasteiger partial charge in [0.05, 0.1) is 5.92 Å². The van der Waals surface area contributed by atoms with E-state index >= 15 is 0 Å². The van der Waals surface area contributed by atoms with Gasteiger partial charge in [0.15, 0.2) is 5.16 Å². The number of aromatic nitrogens is 3. The van der Waals surface area contributed by atoms with Gasteiger partial charge in [-0.2, -0.15) is 0 Å². The van der Waals surface area contributed by atoms with E-state index in [1.54, 1.807) is 30.1 Å². The van der Waals surface area contributed by atoms with Crippen molar-refractivity contribution < 1.29 is 4.79 Å². The second kappa shape index (κ2) is 6.95. The van der Waals surface area contributed by atoms with Crippen molar-refractivity contribution in [3.8, 4) is 0 Å². The van der Waals surface area contributed by atoms with Crippen LogP contribution >= 0.6 is 11.8 Å². The molecule has 1 aliphatic heterocycles. The van der Waals surface area contributed by atoms with Gasteiger partial charge in [-0.05, 0) is 31.0 Å². The van der Waals surface area contributed by atoms with E-state index in [0.29, 0.717) is 29.6 Å². The Balaban J connectivity index is 1.59. The summed E-state index contributed by atoms with van der Waals surface area (Å²) in [5.41, 5.74) is 1.68. The smallest absolute Gasteiger partial charge is 0.257 e. The molecule has 0 radical (unpaired) electrons. The highest BCUT2D eigenvalue weighted by Crippen LogP contribution is 2.24. The standard InChI is InChI=1S/C16H18N4O2S/c1-11-8-19-16-20(15(11)22)9-13(10-23-16)14(21)18-7-4-12-2-5-17-6-3-12/h2-3,5-6,8,13H,4,7,9-10H2,1H3,(H,18,21). The van der Waals surface area contributed by atoms with Crippen LogP contribution < -0.4 is 10.9 Å². The molecule has 1 amide bonds. The van der Waals surface area contributed by atoms with Crippen molar-refractivity contribution in [3.63, 3.8) is 0 Å². The third-order valence-corrected chi connectivity index (χ3v) is 4.98. The summed E-state index contributed by atoms with van der Waals surface area (Å²) in [5, 5.41) is 3.65. The fourth-order valence-corrected chi connectivity index (χ4v) is 3.53. The Kier molecular flexibility index (Phi) is 4.76. The average molecular weight is 330 g/mol. The second-order valence-electron chi connectivity index (χ2n) is 5.54. The van der Waals surface area contributed by atoms with E-state index in [1.807, 2.05) is 12.1 Å². The van der Waals surface area contributed by atoms with E-state index in [2.05, 4.69) is 15.3 Å². The van der Waals surface area contributed by atoms with Crippen LogP contribution in [0.25, 0.3) is 0 Å². The van der Waals surface area contributed by atoms with Crippen molar-refractivity contribution in [1.82, 2.24) is 19.9 Å². The van der Waals surface area contributed by atoms with Crippen LogP contribution in [0.2, 0.25) is 0 Å². The molecular weight excluding hydrogens is 312 g/mol. The lowest BCUT2D eigenvalue weighted by molar-refractivity contribution is -0.124. The number of aryl methyl sites for hydroxylation is 1. The zero-order valence-corrected chi connectivity index (χ0v) is 13.7. The van der Waals surface area contributed by atoms with Crippen molar-refractivity contribution >= 4 is 17.7 Å². The molecule has 0 aliphatic carbocycles. The van der Waals surface area contributed by atoms with E-state index in [-0.39, 0.29) is 17.4 Å². The summed E-state index contributed by atoms with van der Waals surface area (Å²) in [5.74, 6) is 0.438. The zero-order chi connectivity index (χ0) is 16.2. The van der Waals surface area contributed by atoms with Gasteiger partial charge in [0.25, 0.3) is 5.56 Å². The number of hydrogen-bond donors (Lipinski definition) is 1. The highest BCUT2D eigenvalue weighted by molar-refractivity contribution is 7.99. The van der Waals surface area contributed by atoms with E-state index in [1.165, 1.54) is 11.8 Å². The van der Waals surface area contributed by atoms with Crippen LogP contribution in [-0.4, -0.2) is 32.7 Å². The minimum absolute atomic E-state index is 0.00869. The first-order chi connectivity index (χ1) is 11.1. The van der Waals surface area contributed by atoms with Gasteiger partial charge in [0, 0.05) is 43.0 Å². The number of thioether (sulfide) groups is 1. The number of pyridine rings is 1. The van der Waals surface area contributed by atoms with Crippen molar-refractivity contribution in [3.05, 3.63) is 52.2 Å². The molecule has 2 aromatic heterocycles. The van der Waals surface area contributed by atoms with Crippen molar-refractivity contribution in [2.75, 3.05) is 12.3 Å². The van der Waals surface area contributed by atoms with Crippen LogP contribution in [0, 0.1) is 12.8 Å². The normalized spacial score (nSPS) is 16.7. The van der Waals surface area contributed by atoms with Gasteiger partial charge < -0.3 is 5.32 Å². The number of rotatable bonds is 4. The molecule has 0 bridgehead atoms. The summed E-state index contributed by atoms with van der Waals surface area (Å²) in [7, 11) is 0. The summed E-state index contributed by atoms with van der Waals surface area (Å²) in [6.45, 7) is 2.72. The molecule has 3 heterocycles. The molecule has 7 heteroatoms. The molecule has 1 atom stereocenters. The quantitative estimate of drug-likeness (QED) is 0.847. The highest BCUT2D eigenvalue weighted by atomic mass is 32.2. The third-order valence-electron chi connectivity index (χ3n) is 3.83. The van der Waals surface area contributed by atoms with Crippen molar-refractivity contribution in [1.29, 1.82) is 0 Å². The molecule has 6 nitrogen and oxygen atoms in total. The summed E-state index contributed by atoms with van der Waals surface area (Å²) in [4.78, 5) is 32.7. The van der Waals surface area contributed by atoms with Gasteiger partial charge in [0.2, 0.25) is 5.91 Å². The lowest BCUT2D eigenvalue weighted by Gasteiger charge is -2.24. The molecule has 0 saturated heterocycles. The predicted molar refractivity (Wildman–Crippen MR) is 88.4 cm³/mol. The van der Waals surface area contributed by atoms with Gasteiger partial charge in [-0.25, -0.2) is 4.98 Å². The lowest BCUT2D eigenvalue weighted by Crippen LogP contribution is -2.40. The number of hydrogen-bond acceptors (Lipinski definition) is 5. The predicted octanol–water partition coefficient (Wildman–Crippen LogP) is 1.03. The highest BCUT2D eigenvalue weighted by Gasteiger charge is 2.26. The largest absolute Gasteiger partial charge is 0.355 e. The van der Waals surface area contributed by atoms with Crippen LogP contribution in [0.1, 0.15) is 11.1 Å². The lowest BCUT2D eigenvalue weighted by atomic mass is 10.1. The van der Waals surface area contributed by atoms with Gasteiger partial charge in [-0.15, -0.1) is 0 Å². The fraction of sp³-hybridized carbons (Fsp3) is 0.375. The molecule has 3 rings (SSSR count). The number of amides is 1. The Hall–Kier alpha value is -2.15. The maximum Gasteiger partial charge on any atom is 0.257 e. The van der Waals surface area contributed by atoms with Crippen molar-refractivity contribution in [2.45, 2.75) is 25.0 Å². The molecule has 0 saturated carbocycles. The number of carbonyl (C=O) groups excluding carboxylic acids is 1. The maximum atomic E-state index is 12.3. The molecular formula is C16H18N4O2S. The van der Waals surface area contributed by atoms with Crippen molar-refractivity contribution in [2.24, 2.45) is 5.92 Å². The molecule has 0 aromatic carbocycles. The first-order valence-electron chi connectivity index (χ1n) is 7.51. The molecule has 23 heavy (non-hydrogen) atoms. The van der Waals surface area contributed by atoms with Gasteiger partial charge in [-0.3, -0.25) is 19.1 Å². The Morgan fingerprint density at radius 3 is 3.00 bits per heavy atom. The van der Waals surface area contributed by atoms with Crippen LogP contribution in [-0.2, 0) is 17.8 Å². The SMILES string of the molecule is Cc1cnc2n(c1=O)CC(C(=O)NCCc1ccncc1)CS2. The molecule has 0 spiro atoms. The van der Waals surface area contributed by atoms with E-state index in [4.69, 9.17) is 0 Å². The first-order valence-corrected chi connectivity index (χ1v) is 8.49. The van der Waals surface area contributed by atoms with E-state index in [9.17, 15) is 9.59 Å². The monoisotopic (exact) mass is 330 g/mol. The Morgan fingerprint density at radius 1 is 1.43 bits per heavy atom. The van der Waals surface area contributed by atoms with Crippen LogP contribution in [0.5, 0.6) is 0 Å². The molecule has 1 unspecified atom stereocenters. The summed E-state index contributed by atoms with van der Waals surface area (Å²) in [6, 6.07) is 3.87. The minimum Gasteiger partial charge on any atom is -0.355 e. The number of fused-ring (bicyclic) bond motifs is 1. The average Bonchev–Trinajstić information content (AvgIpc) is 2.59. The molecule has 0 fully saturated rings. The van der Waals surface area contributed by atoms with Crippen LogP contribution in [0.4, 0.5) is 0 Å². The van der Waals surface area contributed by atoms with E-state index in [0.717, 1.165) is 12.0 Å². The van der Waals surface area contributed by atoms with E-state index < -0.39 is 0 Å². The maximum absolute atomic E-state index is 12.3. The van der Waals surface area contributed by atoms with Gasteiger partial charge >= 0.3 is 0 Å². The molecule has 1 aliphatic rings. The first kappa shape index (κ1) is 15.7. The Bertz CT molecular complexity index is 760. The molecule has 120 valence electrons. The Morgan fingerprint density at radius 2 is 2.22 bits per heavy atom. The minimum atomic E-state index is -0.203.